The Morgan fingerprint density at radius 3 is 2.56 bits per heavy atom. The molecule has 1 aromatic heterocycles. The van der Waals surface area contributed by atoms with E-state index in [1.807, 2.05) is 4.68 Å². The van der Waals surface area contributed by atoms with Crippen molar-refractivity contribution < 1.29 is 0 Å². The highest BCUT2D eigenvalue weighted by Gasteiger charge is 2.11. The van der Waals surface area contributed by atoms with Crippen LogP contribution in [0, 0.1) is 11.8 Å². The molecular weight excluding hydrogens is 200 g/mol. The molecule has 2 N–H and O–H groups in total. The van der Waals surface area contributed by atoms with Crippen LogP contribution in [0.3, 0.4) is 0 Å². The second-order valence-corrected chi connectivity index (χ2v) is 5.20. The first-order chi connectivity index (χ1) is 7.50. The Kier molecular flexibility index (Phi) is 4.93. The van der Waals surface area contributed by atoms with E-state index in [9.17, 15) is 0 Å². The lowest BCUT2D eigenvalue weighted by atomic mass is 10.0. The number of rotatable bonds is 6. The highest BCUT2D eigenvalue weighted by atomic mass is 15.3. The third kappa shape index (κ3) is 3.93. The quantitative estimate of drug-likeness (QED) is 0.802. The lowest BCUT2D eigenvalue weighted by Crippen LogP contribution is -2.27. The topological polar surface area (TPSA) is 56.7 Å². The van der Waals surface area contributed by atoms with Crippen LogP contribution in [0.1, 0.15) is 39.9 Å². The summed E-state index contributed by atoms with van der Waals surface area (Å²) in [4.78, 5) is 4.30. The number of aryl methyl sites for hydroxylation is 1. The maximum Gasteiger partial charge on any atom is 0.138 e. The normalized spacial score (nSPS) is 13.7. The van der Waals surface area contributed by atoms with E-state index in [1.54, 1.807) is 6.33 Å². The fourth-order valence-corrected chi connectivity index (χ4v) is 1.61. The minimum Gasteiger partial charge on any atom is -0.327 e. The van der Waals surface area contributed by atoms with Crippen molar-refractivity contribution >= 4 is 0 Å². The molecule has 0 aliphatic carbocycles. The Labute approximate surface area is 98.2 Å². The van der Waals surface area contributed by atoms with Crippen molar-refractivity contribution in [2.75, 3.05) is 0 Å². The van der Waals surface area contributed by atoms with Crippen molar-refractivity contribution in [2.45, 2.75) is 53.1 Å². The third-order valence-corrected chi connectivity index (χ3v) is 2.79. The Balaban J connectivity index is 2.50. The van der Waals surface area contributed by atoms with E-state index >= 15 is 0 Å². The minimum absolute atomic E-state index is 0.254. The van der Waals surface area contributed by atoms with Crippen LogP contribution in [-0.4, -0.2) is 20.8 Å². The van der Waals surface area contributed by atoms with E-state index in [2.05, 4.69) is 37.8 Å². The molecule has 0 aliphatic rings. The van der Waals surface area contributed by atoms with Gasteiger partial charge in [0, 0.05) is 19.0 Å². The van der Waals surface area contributed by atoms with Gasteiger partial charge in [-0.05, 0) is 18.3 Å². The SMILES string of the molecule is CC(C)Cn1ncnc1CCC(N)C(C)C. The van der Waals surface area contributed by atoms with Crippen LogP contribution in [0.15, 0.2) is 6.33 Å². The molecule has 0 saturated heterocycles. The van der Waals surface area contributed by atoms with E-state index in [4.69, 9.17) is 5.73 Å². The average molecular weight is 224 g/mol. The average Bonchev–Trinajstić information content (AvgIpc) is 2.60. The van der Waals surface area contributed by atoms with E-state index < -0.39 is 0 Å². The molecule has 92 valence electrons. The van der Waals surface area contributed by atoms with Gasteiger partial charge in [-0.15, -0.1) is 0 Å². The van der Waals surface area contributed by atoms with Gasteiger partial charge in [0.2, 0.25) is 0 Å². The van der Waals surface area contributed by atoms with Crippen molar-refractivity contribution in [2.24, 2.45) is 17.6 Å². The first-order valence-electron chi connectivity index (χ1n) is 6.13. The first kappa shape index (κ1) is 13.2. The minimum atomic E-state index is 0.254. The molecule has 1 heterocycles. The molecule has 1 rings (SSSR count). The number of hydrogen-bond donors (Lipinski definition) is 1. The summed E-state index contributed by atoms with van der Waals surface area (Å²) in [7, 11) is 0. The lowest BCUT2D eigenvalue weighted by Gasteiger charge is -2.15. The molecule has 0 spiro atoms. The summed E-state index contributed by atoms with van der Waals surface area (Å²) in [6.07, 6.45) is 3.54. The zero-order valence-electron chi connectivity index (χ0n) is 10.8. The molecule has 4 nitrogen and oxygen atoms in total. The molecule has 1 aromatic rings. The van der Waals surface area contributed by atoms with E-state index in [0.717, 1.165) is 25.2 Å². The predicted octanol–water partition coefficient (Wildman–Crippen LogP) is 1.85. The van der Waals surface area contributed by atoms with Crippen molar-refractivity contribution in [1.29, 1.82) is 0 Å². The fraction of sp³-hybridized carbons (Fsp3) is 0.833. The standard InChI is InChI=1S/C12H24N4/c1-9(2)7-16-12(14-8-15-16)6-5-11(13)10(3)4/h8-11H,5-7,13H2,1-4H3. The number of nitrogens with two attached hydrogens (primary N) is 1. The van der Waals surface area contributed by atoms with Crippen LogP contribution in [-0.2, 0) is 13.0 Å². The fourth-order valence-electron chi connectivity index (χ4n) is 1.61. The first-order valence-corrected chi connectivity index (χ1v) is 6.13. The molecule has 0 aliphatic heterocycles. The smallest absolute Gasteiger partial charge is 0.138 e. The number of nitrogens with zero attached hydrogens (tertiary/aromatic N) is 3. The molecule has 0 saturated carbocycles. The highest BCUT2D eigenvalue weighted by Crippen LogP contribution is 2.08. The molecule has 0 aromatic carbocycles. The molecular formula is C12H24N4. The van der Waals surface area contributed by atoms with Gasteiger partial charge in [-0.3, -0.25) is 0 Å². The van der Waals surface area contributed by atoms with Crippen molar-refractivity contribution in [3.8, 4) is 0 Å². The molecule has 4 heteroatoms. The number of hydrogen-bond acceptors (Lipinski definition) is 3. The van der Waals surface area contributed by atoms with E-state index in [1.165, 1.54) is 0 Å². The zero-order valence-corrected chi connectivity index (χ0v) is 10.8. The monoisotopic (exact) mass is 224 g/mol. The van der Waals surface area contributed by atoms with Gasteiger partial charge in [-0.2, -0.15) is 5.10 Å². The largest absolute Gasteiger partial charge is 0.327 e. The van der Waals surface area contributed by atoms with Gasteiger partial charge in [0.05, 0.1) is 0 Å². The van der Waals surface area contributed by atoms with Gasteiger partial charge >= 0.3 is 0 Å². The van der Waals surface area contributed by atoms with Gasteiger partial charge < -0.3 is 5.73 Å². The van der Waals surface area contributed by atoms with Crippen molar-refractivity contribution in [3.63, 3.8) is 0 Å². The summed E-state index contributed by atoms with van der Waals surface area (Å²) in [5, 5.41) is 4.24. The highest BCUT2D eigenvalue weighted by molar-refractivity contribution is 4.86. The van der Waals surface area contributed by atoms with Gasteiger partial charge in [0.15, 0.2) is 0 Å². The second-order valence-electron chi connectivity index (χ2n) is 5.20. The third-order valence-electron chi connectivity index (χ3n) is 2.79. The molecule has 16 heavy (non-hydrogen) atoms. The molecule has 1 unspecified atom stereocenters. The Morgan fingerprint density at radius 2 is 2.00 bits per heavy atom. The van der Waals surface area contributed by atoms with Crippen molar-refractivity contribution in [1.82, 2.24) is 14.8 Å². The number of aromatic nitrogens is 3. The second kappa shape index (κ2) is 5.99. The van der Waals surface area contributed by atoms with Crippen LogP contribution < -0.4 is 5.73 Å². The van der Waals surface area contributed by atoms with Crippen LogP contribution in [0.2, 0.25) is 0 Å². The molecule has 0 bridgehead atoms. The molecule has 1 atom stereocenters. The van der Waals surface area contributed by atoms with Gasteiger partial charge in [0.1, 0.15) is 12.2 Å². The van der Waals surface area contributed by atoms with Gasteiger partial charge in [-0.25, -0.2) is 9.67 Å². The van der Waals surface area contributed by atoms with Crippen LogP contribution in [0.4, 0.5) is 0 Å². The van der Waals surface area contributed by atoms with Crippen LogP contribution in [0.25, 0.3) is 0 Å². The molecule has 0 amide bonds. The summed E-state index contributed by atoms with van der Waals surface area (Å²) in [6, 6.07) is 0.254. The predicted molar refractivity (Wildman–Crippen MR) is 66.0 cm³/mol. The molecule has 0 fully saturated rings. The lowest BCUT2D eigenvalue weighted by molar-refractivity contribution is 0.434. The van der Waals surface area contributed by atoms with E-state index in [0.29, 0.717) is 11.8 Å². The summed E-state index contributed by atoms with van der Waals surface area (Å²) >= 11 is 0. The van der Waals surface area contributed by atoms with Gasteiger partial charge in [0.25, 0.3) is 0 Å². The Bertz CT molecular complexity index is 304. The maximum atomic E-state index is 6.03. The van der Waals surface area contributed by atoms with Gasteiger partial charge in [-0.1, -0.05) is 27.7 Å². The van der Waals surface area contributed by atoms with Crippen LogP contribution in [0.5, 0.6) is 0 Å². The zero-order chi connectivity index (χ0) is 12.1. The maximum absolute atomic E-state index is 6.03. The summed E-state index contributed by atoms with van der Waals surface area (Å²) < 4.78 is 2.00. The summed E-state index contributed by atoms with van der Waals surface area (Å²) in [6.45, 7) is 9.62. The summed E-state index contributed by atoms with van der Waals surface area (Å²) in [5.41, 5.74) is 6.03. The summed E-state index contributed by atoms with van der Waals surface area (Å²) in [5.74, 6) is 2.19. The van der Waals surface area contributed by atoms with Crippen LogP contribution >= 0.6 is 0 Å². The molecule has 0 radical (unpaired) electrons. The Morgan fingerprint density at radius 1 is 1.31 bits per heavy atom. The van der Waals surface area contributed by atoms with Crippen molar-refractivity contribution in [3.05, 3.63) is 12.2 Å². The van der Waals surface area contributed by atoms with E-state index in [-0.39, 0.29) is 6.04 Å². The Hall–Kier alpha value is -0.900.